The molecule has 0 amide bonds. The first-order valence-corrected chi connectivity index (χ1v) is 5.74. The molecule has 96 valence electrons. The van der Waals surface area contributed by atoms with E-state index in [0.717, 1.165) is 10.8 Å². The van der Waals surface area contributed by atoms with E-state index in [-0.39, 0.29) is 13.0 Å². The molecule has 6 nitrogen and oxygen atoms in total. The number of pyridine rings is 1. The fourth-order valence-electron chi connectivity index (χ4n) is 2.06. The van der Waals surface area contributed by atoms with Crippen molar-refractivity contribution in [2.75, 3.05) is 0 Å². The lowest BCUT2D eigenvalue weighted by molar-refractivity contribution is -0.137. The van der Waals surface area contributed by atoms with Gasteiger partial charge < -0.3 is 9.52 Å². The van der Waals surface area contributed by atoms with Crippen LogP contribution < -0.4 is 5.76 Å². The van der Waals surface area contributed by atoms with E-state index in [0.29, 0.717) is 11.1 Å². The molecule has 2 heterocycles. The lowest BCUT2D eigenvalue weighted by atomic mass is 10.1. The van der Waals surface area contributed by atoms with Crippen molar-refractivity contribution in [2.24, 2.45) is 0 Å². The molecule has 1 N–H and O–H groups in total. The molecule has 3 aromatic rings. The van der Waals surface area contributed by atoms with Gasteiger partial charge in [-0.2, -0.15) is 0 Å². The molecule has 2 aromatic heterocycles. The second kappa shape index (κ2) is 4.24. The van der Waals surface area contributed by atoms with Crippen LogP contribution in [0.2, 0.25) is 0 Å². The highest BCUT2D eigenvalue weighted by Gasteiger charge is 2.11. The van der Waals surface area contributed by atoms with Crippen LogP contribution in [0.4, 0.5) is 0 Å². The average molecular weight is 258 g/mol. The van der Waals surface area contributed by atoms with Gasteiger partial charge in [0.15, 0.2) is 5.58 Å². The minimum atomic E-state index is -0.953. The molecule has 0 bridgehead atoms. The number of aromatic nitrogens is 2. The van der Waals surface area contributed by atoms with Gasteiger partial charge in [0, 0.05) is 24.3 Å². The van der Waals surface area contributed by atoms with Gasteiger partial charge in [0.2, 0.25) is 0 Å². The molecule has 3 rings (SSSR count). The number of carboxylic acid groups (broad SMARTS) is 1. The van der Waals surface area contributed by atoms with Gasteiger partial charge in [-0.15, -0.1) is 0 Å². The van der Waals surface area contributed by atoms with Crippen LogP contribution >= 0.6 is 0 Å². The lowest BCUT2D eigenvalue weighted by Crippen LogP contribution is -2.16. The third kappa shape index (κ3) is 1.97. The average Bonchev–Trinajstić information content (AvgIpc) is 2.68. The van der Waals surface area contributed by atoms with E-state index in [4.69, 9.17) is 9.52 Å². The molecule has 0 spiro atoms. The molecule has 0 aliphatic rings. The van der Waals surface area contributed by atoms with Crippen molar-refractivity contribution in [1.82, 2.24) is 9.55 Å². The van der Waals surface area contributed by atoms with E-state index in [1.807, 2.05) is 6.07 Å². The van der Waals surface area contributed by atoms with Gasteiger partial charge in [0.25, 0.3) is 0 Å². The second-order valence-electron chi connectivity index (χ2n) is 4.21. The molecule has 0 fully saturated rings. The molecule has 0 unspecified atom stereocenters. The Morgan fingerprint density at radius 1 is 1.37 bits per heavy atom. The van der Waals surface area contributed by atoms with Gasteiger partial charge in [0.05, 0.1) is 11.9 Å². The highest BCUT2D eigenvalue weighted by Crippen LogP contribution is 2.21. The number of hydrogen-bond acceptors (Lipinski definition) is 4. The summed E-state index contributed by atoms with van der Waals surface area (Å²) < 4.78 is 6.46. The molecule has 1 aromatic carbocycles. The first kappa shape index (κ1) is 11.5. The first-order chi connectivity index (χ1) is 9.15. The maximum Gasteiger partial charge on any atom is 0.419 e. The summed E-state index contributed by atoms with van der Waals surface area (Å²) >= 11 is 0. The maximum atomic E-state index is 11.7. The number of benzene rings is 1. The number of carbonyl (C=O) groups is 1. The molecule has 0 atom stereocenters. The Morgan fingerprint density at radius 3 is 3.00 bits per heavy atom. The predicted octanol–water partition coefficient (Wildman–Crippen LogP) is 1.62. The lowest BCUT2D eigenvalue weighted by Gasteiger charge is -2.00. The van der Waals surface area contributed by atoms with E-state index in [1.165, 1.54) is 4.57 Å². The smallest absolute Gasteiger partial charge is 0.419 e. The van der Waals surface area contributed by atoms with Crippen LogP contribution in [-0.2, 0) is 11.3 Å². The van der Waals surface area contributed by atoms with Crippen LogP contribution in [0.3, 0.4) is 0 Å². The number of rotatable bonds is 3. The number of oxazole rings is 1. The standard InChI is InChI=1S/C13H10N2O4/c16-12(17)2-4-15-10-5-8-1-3-14-7-9(8)6-11(10)19-13(15)18/h1,3,5-7H,2,4H2,(H,16,17). The van der Waals surface area contributed by atoms with E-state index in [9.17, 15) is 9.59 Å². The molecule has 0 saturated carbocycles. The molecule has 0 saturated heterocycles. The Bertz CT molecular complexity index is 831. The van der Waals surface area contributed by atoms with Crippen LogP contribution in [0.1, 0.15) is 6.42 Å². The Labute approximate surface area is 106 Å². The number of aliphatic carboxylic acids is 1. The quantitative estimate of drug-likeness (QED) is 0.771. The molecule has 6 heteroatoms. The van der Waals surface area contributed by atoms with Crippen molar-refractivity contribution in [1.29, 1.82) is 0 Å². The number of fused-ring (bicyclic) bond motifs is 2. The summed E-state index contributed by atoms with van der Waals surface area (Å²) in [6, 6.07) is 5.36. The molecule has 0 aliphatic carbocycles. The van der Waals surface area contributed by atoms with Crippen molar-refractivity contribution >= 4 is 27.8 Å². The zero-order valence-corrected chi connectivity index (χ0v) is 9.87. The maximum absolute atomic E-state index is 11.7. The Kier molecular flexibility index (Phi) is 2.56. The summed E-state index contributed by atoms with van der Waals surface area (Å²) in [4.78, 5) is 26.3. The molecular weight excluding hydrogens is 248 g/mol. The summed E-state index contributed by atoms with van der Waals surface area (Å²) in [5.74, 6) is -1.49. The third-order valence-corrected chi connectivity index (χ3v) is 2.98. The Hall–Kier alpha value is -2.63. The third-order valence-electron chi connectivity index (χ3n) is 2.98. The highest BCUT2D eigenvalue weighted by atomic mass is 16.4. The van der Waals surface area contributed by atoms with Crippen LogP contribution in [0.5, 0.6) is 0 Å². The highest BCUT2D eigenvalue weighted by molar-refractivity contribution is 5.93. The van der Waals surface area contributed by atoms with Gasteiger partial charge >= 0.3 is 11.7 Å². The topological polar surface area (TPSA) is 85.3 Å². The first-order valence-electron chi connectivity index (χ1n) is 5.74. The summed E-state index contributed by atoms with van der Waals surface area (Å²) in [7, 11) is 0. The normalized spacial score (nSPS) is 11.2. The number of carboxylic acids is 1. The van der Waals surface area contributed by atoms with E-state index >= 15 is 0 Å². The fourth-order valence-corrected chi connectivity index (χ4v) is 2.06. The van der Waals surface area contributed by atoms with Crippen molar-refractivity contribution in [3.05, 3.63) is 41.1 Å². The number of nitrogens with zero attached hydrogens (tertiary/aromatic N) is 2. The number of aryl methyl sites for hydroxylation is 1. The molecular formula is C13H10N2O4. The fraction of sp³-hybridized carbons (Fsp3) is 0.154. The van der Waals surface area contributed by atoms with Gasteiger partial charge in [0.1, 0.15) is 0 Å². The van der Waals surface area contributed by atoms with E-state index in [2.05, 4.69) is 4.98 Å². The van der Waals surface area contributed by atoms with Gasteiger partial charge in [-0.1, -0.05) is 0 Å². The van der Waals surface area contributed by atoms with Crippen LogP contribution in [-0.4, -0.2) is 20.6 Å². The SMILES string of the molecule is O=C(O)CCn1c(=O)oc2cc3cnccc3cc21. The van der Waals surface area contributed by atoms with Crippen molar-refractivity contribution in [3.8, 4) is 0 Å². The number of hydrogen-bond donors (Lipinski definition) is 1. The monoisotopic (exact) mass is 258 g/mol. The van der Waals surface area contributed by atoms with Crippen molar-refractivity contribution in [2.45, 2.75) is 13.0 Å². The van der Waals surface area contributed by atoms with Crippen molar-refractivity contribution in [3.63, 3.8) is 0 Å². The van der Waals surface area contributed by atoms with Crippen LogP contribution in [0.25, 0.3) is 21.9 Å². The zero-order chi connectivity index (χ0) is 13.4. The van der Waals surface area contributed by atoms with Gasteiger partial charge in [-0.3, -0.25) is 14.3 Å². The van der Waals surface area contributed by atoms with Gasteiger partial charge in [-0.05, 0) is 23.6 Å². The van der Waals surface area contributed by atoms with Crippen LogP contribution in [0.15, 0.2) is 39.8 Å². The van der Waals surface area contributed by atoms with Crippen LogP contribution in [0, 0.1) is 0 Å². The Balaban J connectivity index is 2.21. The molecule has 0 aliphatic heterocycles. The molecule has 0 radical (unpaired) electrons. The van der Waals surface area contributed by atoms with Crippen molar-refractivity contribution < 1.29 is 14.3 Å². The minimum absolute atomic E-state index is 0.0950. The van der Waals surface area contributed by atoms with E-state index in [1.54, 1.807) is 24.5 Å². The summed E-state index contributed by atoms with van der Waals surface area (Å²) in [6.07, 6.45) is 3.22. The summed E-state index contributed by atoms with van der Waals surface area (Å²) in [5.41, 5.74) is 1.04. The summed E-state index contributed by atoms with van der Waals surface area (Å²) in [5, 5.41) is 10.5. The largest absolute Gasteiger partial charge is 0.481 e. The molecule has 19 heavy (non-hydrogen) atoms. The second-order valence-corrected chi connectivity index (χ2v) is 4.21. The predicted molar refractivity (Wildman–Crippen MR) is 68.0 cm³/mol. The van der Waals surface area contributed by atoms with E-state index < -0.39 is 11.7 Å². The Morgan fingerprint density at radius 2 is 2.21 bits per heavy atom. The van der Waals surface area contributed by atoms with Gasteiger partial charge in [-0.25, -0.2) is 4.79 Å². The zero-order valence-electron chi connectivity index (χ0n) is 9.87. The minimum Gasteiger partial charge on any atom is -0.481 e. The summed E-state index contributed by atoms with van der Waals surface area (Å²) in [6.45, 7) is 0.0950.